The average Bonchev–Trinajstić information content (AvgIpc) is 3.04. The Bertz CT molecular complexity index is 718. The summed E-state index contributed by atoms with van der Waals surface area (Å²) in [7, 11) is 0. The Hall–Kier alpha value is -2.82. The third kappa shape index (κ3) is 2.79. The Labute approximate surface area is 127 Å². The van der Waals surface area contributed by atoms with Gasteiger partial charge < -0.3 is 14.4 Å². The highest BCUT2D eigenvalue weighted by atomic mass is 16.4. The molecular weight excluding hydrogens is 282 g/mol. The maximum absolute atomic E-state index is 12.4. The van der Waals surface area contributed by atoms with E-state index in [1.54, 1.807) is 18.2 Å². The van der Waals surface area contributed by atoms with Crippen LogP contribution >= 0.6 is 0 Å². The van der Waals surface area contributed by atoms with Crippen LogP contribution in [-0.4, -0.2) is 27.9 Å². The fourth-order valence-electron chi connectivity index (χ4n) is 2.61. The smallest absolute Gasteiger partial charge is 0.326 e. The van der Waals surface area contributed by atoms with Crippen LogP contribution in [0.3, 0.4) is 0 Å². The summed E-state index contributed by atoms with van der Waals surface area (Å²) in [6, 6.07) is 10.2. The van der Waals surface area contributed by atoms with Gasteiger partial charge in [0.25, 0.3) is 0 Å². The molecule has 112 valence electrons. The predicted molar refractivity (Wildman–Crippen MR) is 79.9 cm³/mol. The molecule has 5 heteroatoms. The minimum atomic E-state index is -0.991. The molecule has 1 aliphatic heterocycles. The second-order valence-electron chi connectivity index (χ2n) is 5.14. The molecule has 0 aliphatic carbocycles. The molecule has 2 heterocycles. The number of carbonyl (C=O) groups excluding carboxylic acids is 1. The summed E-state index contributed by atoms with van der Waals surface area (Å²) in [5, 5.41) is 9.40. The summed E-state index contributed by atoms with van der Waals surface area (Å²) in [5.41, 5.74) is 1.97. The fraction of sp³-hybridized carbons (Fsp3) is 0.176. The molecule has 0 fully saturated rings. The van der Waals surface area contributed by atoms with Crippen LogP contribution in [0, 0.1) is 0 Å². The van der Waals surface area contributed by atoms with E-state index in [2.05, 4.69) is 0 Å². The quantitative estimate of drug-likeness (QED) is 0.883. The number of carboxylic acids is 1. The van der Waals surface area contributed by atoms with Crippen LogP contribution in [0.2, 0.25) is 0 Å². The van der Waals surface area contributed by atoms with Crippen LogP contribution in [0.25, 0.3) is 6.08 Å². The van der Waals surface area contributed by atoms with E-state index in [1.807, 2.05) is 24.3 Å². The minimum absolute atomic E-state index is 0.300. The first kappa shape index (κ1) is 14.1. The molecule has 0 spiro atoms. The standard InChI is InChI=1S/C17H15NO4/c19-16(8-7-14-6-3-9-22-14)18-11-13-5-2-1-4-12(13)10-15(18)17(20)21/h1-9,15H,10-11H2,(H,20,21). The molecule has 1 aromatic heterocycles. The Balaban J connectivity index is 1.84. The number of aliphatic carboxylic acids is 1. The second-order valence-corrected chi connectivity index (χ2v) is 5.14. The monoisotopic (exact) mass is 297 g/mol. The lowest BCUT2D eigenvalue weighted by Gasteiger charge is -2.33. The van der Waals surface area contributed by atoms with Gasteiger partial charge in [0.2, 0.25) is 5.91 Å². The van der Waals surface area contributed by atoms with Crippen molar-refractivity contribution in [2.24, 2.45) is 0 Å². The summed E-state index contributed by atoms with van der Waals surface area (Å²) >= 11 is 0. The van der Waals surface area contributed by atoms with Gasteiger partial charge in [-0.1, -0.05) is 24.3 Å². The largest absolute Gasteiger partial charge is 0.480 e. The number of amides is 1. The van der Waals surface area contributed by atoms with E-state index in [9.17, 15) is 14.7 Å². The highest BCUT2D eigenvalue weighted by Gasteiger charge is 2.33. The van der Waals surface area contributed by atoms with Crippen molar-refractivity contribution >= 4 is 18.0 Å². The number of fused-ring (bicyclic) bond motifs is 1. The van der Waals surface area contributed by atoms with Crippen molar-refractivity contribution < 1.29 is 19.1 Å². The summed E-state index contributed by atoms with van der Waals surface area (Å²) in [6.07, 6.45) is 4.73. The van der Waals surface area contributed by atoms with Gasteiger partial charge in [0.1, 0.15) is 11.8 Å². The molecule has 1 N–H and O–H groups in total. The molecule has 1 aromatic carbocycles. The number of hydrogen-bond donors (Lipinski definition) is 1. The molecule has 0 saturated carbocycles. The van der Waals surface area contributed by atoms with Crippen LogP contribution in [0.1, 0.15) is 16.9 Å². The van der Waals surface area contributed by atoms with Crippen LogP contribution in [0.15, 0.2) is 53.2 Å². The van der Waals surface area contributed by atoms with E-state index in [4.69, 9.17) is 4.42 Å². The Morgan fingerprint density at radius 2 is 1.95 bits per heavy atom. The van der Waals surface area contributed by atoms with Gasteiger partial charge in [-0.3, -0.25) is 4.79 Å². The van der Waals surface area contributed by atoms with Crippen molar-refractivity contribution in [2.45, 2.75) is 19.0 Å². The number of rotatable bonds is 3. The first-order valence-corrected chi connectivity index (χ1v) is 6.97. The topological polar surface area (TPSA) is 70.8 Å². The maximum Gasteiger partial charge on any atom is 0.326 e. The van der Waals surface area contributed by atoms with Crippen molar-refractivity contribution in [3.05, 3.63) is 65.6 Å². The highest BCUT2D eigenvalue weighted by Crippen LogP contribution is 2.24. The zero-order valence-corrected chi connectivity index (χ0v) is 11.8. The number of furan rings is 1. The zero-order valence-electron chi connectivity index (χ0n) is 11.8. The van der Waals surface area contributed by atoms with Gasteiger partial charge in [0.05, 0.1) is 6.26 Å². The Morgan fingerprint density at radius 1 is 1.18 bits per heavy atom. The number of carbonyl (C=O) groups is 2. The average molecular weight is 297 g/mol. The molecule has 0 bridgehead atoms. The number of carboxylic acid groups (broad SMARTS) is 1. The van der Waals surface area contributed by atoms with Crippen molar-refractivity contribution in [3.63, 3.8) is 0 Å². The summed E-state index contributed by atoms with van der Waals surface area (Å²) in [6.45, 7) is 0.300. The SMILES string of the molecule is O=C(O)C1Cc2ccccc2CN1C(=O)C=Cc1ccco1. The van der Waals surface area contributed by atoms with E-state index in [0.717, 1.165) is 11.1 Å². The van der Waals surface area contributed by atoms with E-state index in [0.29, 0.717) is 18.7 Å². The molecule has 1 amide bonds. The normalized spacial score (nSPS) is 17.5. The van der Waals surface area contributed by atoms with Gasteiger partial charge in [-0.25, -0.2) is 4.79 Å². The summed E-state index contributed by atoms with van der Waals surface area (Å²) in [4.78, 5) is 25.2. The number of nitrogens with zero attached hydrogens (tertiary/aromatic N) is 1. The molecular formula is C17H15NO4. The van der Waals surface area contributed by atoms with Gasteiger partial charge in [0, 0.05) is 19.0 Å². The van der Waals surface area contributed by atoms with Gasteiger partial charge in [0.15, 0.2) is 0 Å². The molecule has 2 aromatic rings. The number of hydrogen-bond acceptors (Lipinski definition) is 3. The summed E-state index contributed by atoms with van der Waals surface area (Å²) in [5.74, 6) is -0.773. The van der Waals surface area contributed by atoms with Gasteiger partial charge in [-0.05, 0) is 29.3 Å². The highest BCUT2D eigenvalue weighted by molar-refractivity contribution is 5.94. The first-order valence-electron chi connectivity index (χ1n) is 6.97. The van der Waals surface area contributed by atoms with Crippen LogP contribution in [0.5, 0.6) is 0 Å². The second kappa shape index (κ2) is 5.89. The molecule has 3 rings (SSSR count). The lowest BCUT2D eigenvalue weighted by Crippen LogP contribution is -2.48. The zero-order chi connectivity index (χ0) is 15.5. The Morgan fingerprint density at radius 3 is 2.64 bits per heavy atom. The molecule has 22 heavy (non-hydrogen) atoms. The lowest BCUT2D eigenvalue weighted by molar-refractivity contribution is -0.149. The summed E-state index contributed by atoms with van der Waals surface area (Å²) < 4.78 is 5.13. The van der Waals surface area contributed by atoms with Crippen LogP contribution < -0.4 is 0 Å². The third-order valence-corrected chi connectivity index (χ3v) is 3.75. The predicted octanol–water partition coefficient (Wildman–Crippen LogP) is 2.33. The van der Waals surface area contributed by atoms with Crippen LogP contribution in [0.4, 0.5) is 0 Å². The molecule has 5 nitrogen and oxygen atoms in total. The van der Waals surface area contributed by atoms with E-state index in [-0.39, 0.29) is 5.91 Å². The van der Waals surface area contributed by atoms with E-state index >= 15 is 0 Å². The molecule has 1 aliphatic rings. The van der Waals surface area contributed by atoms with Gasteiger partial charge in [-0.2, -0.15) is 0 Å². The third-order valence-electron chi connectivity index (χ3n) is 3.75. The van der Waals surface area contributed by atoms with Crippen molar-refractivity contribution in [1.29, 1.82) is 0 Å². The minimum Gasteiger partial charge on any atom is -0.480 e. The lowest BCUT2D eigenvalue weighted by atomic mass is 9.94. The molecule has 1 unspecified atom stereocenters. The fourth-order valence-corrected chi connectivity index (χ4v) is 2.61. The maximum atomic E-state index is 12.4. The number of benzene rings is 1. The first-order chi connectivity index (χ1) is 10.6. The van der Waals surface area contributed by atoms with Crippen molar-refractivity contribution in [2.75, 3.05) is 0 Å². The van der Waals surface area contributed by atoms with E-state index in [1.165, 1.54) is 17.2 Å². The molecule has 1 atom stereocenters. The van der Waals surface area contributed by atoms with Gasteiger partial charge >= 0.3 is 5.97 Å². The van der Waals surface area contributed by atoms with Crippen molar-refractivity contribution in [1.82, 2.24) is 4.90 Å². The van der Waals surface area contributed by atoms with Crippen LogP contribution in [-0.2, 0) is 22.6 Å². The van der Waals surface area contributed by atoms with Gasteiger partial charge in [-0.15, -0.1) is 0 Å². The molecule has 0 saturated heterocycles. The van der Waals surface area contributed by atoms with Crippen molar-refractivity contribution in [3.8, 4) is 0 Å². The van der Waals surface area contributed by atoms with E-state index < -0.39 is 12.0 Å². The Kier molecular flexibility index (Phi) is 3.78. The molecule has 0 radical (unpaired) electrons.